The maximum Gasteiger partial charge on any atom is 0.207 e. The molecule has 234 valence electrons. The number of H-pyrrole nitrogens is 2. The van der Waals surface area contributed by atoms with Crippen LogP contribution in [0.5, 0.6) is 0 Å². The van der Waals surface area contributed by atoms with Gasteiger partial charge in [-0.3, -0.25) is 4.79 Å². The summed E-state index contributed by atoms with van der Waals surface area (Å²) in [7, 11) is 1.90. The summed E-state index contributed by atoms with van der Waals surface area (Å²) in [5.74, 6) is 1.42. The molecule has 2 aromatic heterocycles. The molecule has 2 unspecified atom stereocenters. The number of rotatable bonds is 16. The van der Waals surface area contributed by atoms with E-state index in [9.17, 15) is 15.0 Å². The highest BCUT2D eigenvalue weighted by atomic mass is 16.3. The van der Waals surface area contributed by atoms with Crippen molar-refractivity contribution in [3.63, 3.8) is 0 Å². The van der Waals surface area contributed by atoms with Gasteiger partial charge in [0.1, 0.15) is 11.6 Å². The summed E-state index contributed by atoms with van der Waals surface area (Å²) in [5, 5.41) is 29.3. The summed E-state index contributed by atoms with van der Waals surface area (Å²) >= 11 is 0. The summed E-state index contributed by atoms with van der Waals surface area (Å²) in [6.07, 6.45) is 3.54. The Hall–Kier alpha value is -4.61. The van der Waals surface area contributed by atoms with Crippen LogP contribution in [0.2, 0.25) is 0 Å². The van der Waals surface area contributed by atoms with Crippen molar-refractivity contribution in [1.82, 2.24) is 35.9 Å². The van der Waals surface area contributed by atoms with E-state index in [-0.39, 0.29) is 18.5 Å². The number of likely N-dealkylation sites (N-methyl/N-ethyl adjacent to an activating group) is 1. The maximum absolute atomic E-state index is 10.8. The number of aliphatic hydroxyl groups excluding tert-OH is 2. The van der Waals surface area contributed by atoms with Crippen molar-refractivity contribution in [2.75, 3.05) is 20.1 Å². The minimum atomic E-state index is -0.730. The van der Waals surface area contributed by atoms with Crippen LogP contribution >= 0.6 is 0 Å². The number of aromatic nitrogens is 4. The Kier molecular flexibility index (Phi) is 10.9. The van der Waals surface area contributed by atoms with Gasteiger partial charge in [0.2, 0.25) is 6.41 Å². The van der Waals surface area contributed by atoms with Gasteiger partial charge in [0.05, 0.1) is 42.5 Å². The predicted octanol–water partition coefficient (Wildman–Crippen LogP) is 4.15. The van der Waals surface area contributed by atoms with Crippen molar-refractivity contribution >= 4 is 6.41 Å². The zero-order chi connectivity index (χ0) is 31.6. The Labute approximate surface area is 263 Å². The smallest absolute Gasteiger partial charge is 0.207 e. The highest BCUT2D eigenvalue weighted by Gasteiger charge is 2.28. The highest BCUT2D eigenvalue weighted by Crippen LogP contribution is 2.34. The average Bonchev–Trinajstić information content (AvgIpc) is 3.75. The quantitative estimate of drug-likeness (QED) is 0.0833. The molecule has 5 aromatic rings. The first-order valence-electron chi connectivity index (χ1n) is 15.2. The lowest BCUT2D eigenvalue weighted by molar-refractivity contribution is -0.110. The third kappa shape index (κ3) is 8.31. The van der Waals surface area contributed by atoms with Gasteiger partial charge in [-0.15, -0.1) is 0 Å². The number of aliphatic hydroxyl groups is 2. The predicted molar refractivity (Wildman–Crippen MR) is 176 cm³/mol. The summed E-state index contributed by atoms with van der Waals surface area (Å²) in [6.45, 7) is 3.00. The molecule has 7 N–H and O–H groups in total. The number of nitrogens with one attached hydrogen (secondary N) is 5. The second-order valence-electron chi connectivity index (χ2n) is 11.3. The number of hydrogen-bond acceptors (Lipinski definition) is 7. The van der Waals surface area contributed by atoms with Gasteiger partial charge in [-0.25, -0.2) is 9.97 Å². The Morgan fingerprint density at radius 2 is 1.40 bits per heavy atom. The molecule has 2 heterocycles. The number of imidazole rings is 2. The summed E-state index contributed by atoms with van der Waals surface area (Å²) in [6, 6.07) is 26.7. The molecule has 0 aliphatic rings. The summed E-state index contributed by atoms with van der Waals surface area (Å²) in [4.78, 5) is 26.8. The van der Waals surface area contributed by atoms with E-state index < -0.39 is 12.2 Å². The SMILES string of the molecule is CN[C@H](c1ccccc1)C(C[C@@H](O)CNC=O)c1ncc(-c2ccc(-c3ccc(-c4cnc(CNCC(C)O)[nH]4)cc3)cc2)[nH]1. The Bertz CT molecular complexity index is 1620. The van der Waals surface area contributed by atoms with Crippen LogP contribution in [0.1, 0.15) is 42.5 Å². The third-order valence-electron chi connectivity index (χ3n) is 7.87. The van der Waals surface area contributed by atoms with Gasteiger partial charge in [-0.05, 0) is 48.2 Å². The van der Waals surface area contributed by atoms with Crippen LogP contribution < -0.4 is 16.0 Å². The summed E-state index contributed by atoms with van der Waals surface area (Å²) < 4.78 is 0. The van der Waals surface area contributed by atoms with Gasteiger partial charge in [0.15, 0.2) is 0 Å². The van der Waals surface area contributed by atoms with Gasteiger partial charge in [-0.1, -0.05) is 78.9 Å². The molecule has 5 rings (SSSR count). The van der Waals surface area contributed by atoms with Gasteiger partial charge in [0.25, 0.3) is 0 Å². The first kappa shape index (κ1) is 31.8. The molecule has 10 nitrogen and oxygen atoms in total. The molecule has 0 bridgehead atoms. The van der Waals surface area contributed by atoms with Crippen LogP contribution in [-0.4, -0.2) is 68.9 Å². The lowest BCUT2D eigenvalue weighted by Gasteiger charge is -2.28. The molecule has 0 aliphatic heterocycles. The standard InChI is InChI=1S/C35H41N7O3/c1-23(44)17-37-21-33-39-19-31(41-33)26-12-8-24(9-13-26)25-10-14-27(15-11-25)32-20-40-35(42-32)30(16-29(45)18-38-22-43)34(36-2)28-6-4-3-5-7-28/h3-15,19-20,22-23,29-30,34,36-37,44-45H,16-18,21H2,1-2H3,(H,38,43)(H,39,41)(H,40,42)/t23?,29-,30?,34-/m1/s1. The van der Waals surface area contributed by atoms with Gasteiger partial charge >= 0.3 is 0 Å². The van der Waals surface area contributed by atoms with Crippen LogP contribution in [0.15, 0.2) is 91.3 Å². The molecule has 3 aromatic carbocycles. The lowest BCUT2D eigenvalue weighted by Crippen LogP contribution is -2.32. The number of aromatic amines is 2. The topological polar surface area (TPSA) is 151 Å². The second-order valence-corrected chi connectivity index (χ2v) is 11.3. The fourth-order valence-corrected chi connectivity index (χ4v) is 5.58. The molecular weight excluding hydrogens is 566 g/mol. The van der Waals surface area contributed by atoms with Gasteiger partial charge < -0.3 is 36.1 Å². The van der Waals surface area contributed by atoms with Gasteiger partial charge in [0, 0.05) is 25.0 Å². The minimum Gasteiger partial charge on any atom is -0.392 e. The normalized spacial score (nSPS) is 14.0. The largest absolute Gasteiger partial charge is 0.392 e. The molecule has 0 fully saturated rings. The molecule has 4 atom stereocenters. The Morgan fingerprint density at radius 3 is 2.00 bits per heavy atom. The third-order valence-corrected chi connectivity index (χ3v) is 7.87. The van der Waals surface area contributed by atoms with Gasteiger partial charge in [-0.2, -0.15) is 0 Å². The van der Waals surface area contributed by atoms with E-state index >= 15 is 0 Å². The number of amides is 1. The molecule has 0 spiro atoms. The van der Waals surface area contributed by atoms with E-state index in [1.165, 1.54) is 0 Å². The number of benzene rings is 3. The molecule has 0 saturated carbocycles. The molecular formula is C35H41N7O3. The molecule has 10 heteroatoms. The number of hydrogen-bond donors (Lipinski definition) is 7. The van der Waals surface area contributed by atoms with Crippen LogP contribution in [0.25, 0.3) is 33.6 Å². The Morgan fingerprint density at radius 1 is 0.800 bits per heavy atom. The van der Waals surface area contributed by atoms with Crippen molar-refractivity contribution < 1.29 is 15.0 Å². The average molecular weight is 608 g/mol. The summed E-state index contributed by atoms with van der Waals surface area (Å²) in [5.41, 5.74) is 7.18. The first-order valence-corrected chi connectivity index (χ1v) is 15.2. The van der Waals surface area contributed by atoms with E-state index in [2.05, 4.69) is 91.6 Å². The van der Waals surface area contributed by atoms with Crippen LogP contribution in [0.4, 0.5) is 0 Å². The van der Waals surface area contributed by atoms with Crippen molar-refractivity contribution in [3.8, 4) is 33.6 Å². The Balaban J connectivity index is 1.29. The number of carbonyl (C=O) groups is 1. The highest BCUT2D eigenvalue weighted by molar-refractivity contribution is 5.71. The van der Waals surface area contributed by atoms with Crippen molar-refractivity contribution in [3.05, 3.63) is 108 Å². The number of nitrogens with zero attached hydrogens (tertiary/aromatic N) is 2. The van der Waals surface area contributed by atoms with Crippen molar-refractivity contribution in [2.24, 2.45) is 0 Å². The molecule has 0 saturated heterocycles. The van der Waals surface area contributed by atoms with Crippen molar-refractivity contribution in [1.29, 1.82) is 0 Å². The molecule has 0 radical (unpaired) electrons. The van der Waals surface area contributed by atoms with Crippen LogP contribution in [0, 0.1) is 0 Å². The minimum absolute atomic E-state index is 0.0958. The maximum atomic E-state index is 10.8. The molecule has 45 heavy (non-hydrogen) atoms. The van der Waals surface area contributed by atoms with Crippen LogP contribution in [0.3, 0.4) is 0 Å². The monoisotopic (exact) mass is 607 g/mol. The molecule has 1 amide bonds. The van der Waals surface area contributed by atoms with Crippen LogP contribution in [-0.2, 0) is 11.3 Å². The van der Waals surface area contributed by atoms with E-state index in [1.54, 1.807) is 6.92 Å². The van der Waals surface area contributed by atoms with E-state index in [0.29, 0.717) is 25.9 Å². The van der Waals surface area contributed by atoms with Crippen molar-refractivity contribution in [2.45, 2.75) is 44.1 Å². The molecule has 0 aliphatic carbocycles. The number of carbonyl (C=O) groups excluding carboxylic acids is 1. The van der Waals surface area contributed by atoms with E-state index in [1.807, 2.05) is 37.6 Å². The second kappa shape index (κ2) is 15.4. The fourth-order valence-electron chi connectivity index (χ4n) is 5.58. The zero-order valence-electron chi connectivity index (χ0n) is 25.6. The zero-order valence-corrected chi connectivity index (χ0v) is 25.6. The fraction of sp³-hybridized carbons (Fsp3) is 0.286. The first-order chi connectivity index (χ1) is 21.9. The van der Waals surface area contributed by atoms with E-state index in [4.69, 9.17) is 4.98 Å². The lowest BCUT2D eigenvalue weighted by atomic mass is 9.87. The van der Waals surface area contributed by atoms with E-state index in [0.717, 1.165) is 50.9 Å².